The van der Waals surface area contributed by atoms with Crippen molar-refractivity contribution >= 4 is 22.5 Å². The molecule has 0 saturated carbocycles. The molecule has 3 aromatic rings. The maximum Gasteiger partial charge on any atom is 0.183 e. The largest absolute Gasteiger partial charge is 0.350 e. The zero-order chi connectivity index (χ0) is 15.3. The second-order valence-corrected chi connectivity index (χ2v) is 5.79. The molecule has 1 aliphatic carbocycles. The number of nitrogens with one attached hydrogen (secondary N) is 1. The Bertz CT molecular complexity index is 904. The van der Waals surface area contributed by atoms with Crippen molar-refractivity contribution in [2.24, 2.45) is 13.0 Å². The zero-order valence-electron chi connectivity index (χ0n) is 12.2. The Morgan fingerprint density at radius 3 is 3.00 bits per heavy atom. The van der Waals surface area contributed by atoms with Crippen LogP contribution in [0.3, 0.4) is 0 Å². The number of fused-ring (bicyclic) bond motifs is 2. The summed E-state index contributed by atoms with van der Waals surface area (Å²) in [5, 5.41) is 0.942. The van der Waals surface area contributed by atoms with Crippen molar-refractivity contribution in [3.63, 3.8) is 0 Å². The fourth-order valence-electron chi connectivity index (χ4n) is 3.30. The van der Waals surface area contributed by atoms with Gasteiger partial charge in [-0.1, -0.05) is 18.2 Å². The predicted octanol–water partition coefficient (Wildman–Crippen LogP) is 2.53. The van der Waals surface area contributed by atoms with E-state index in [0.29, 0.717) is 17.7 Å². The first kappa shape index (κ1) is 13.0. The third kappa shape index (κ3) is 1.82. The summed E-state index contributed by atoms with van der Waals surface area (Å²) in [5.41, 5.74) is 2.98. The highest BCUT2D eigenvalue weighted by Gasteiger charge is 2.33. The summed E-state index contributed by atoms with van der Waals surface area (Å²) in [4.78, 5) is 32.0. The molecule has 5 heteroatoms. The van der Waals surface area contributed by atoms with Crippen LogP contribution in [0.5, 0.6) is 0 Å². The number of imidazole rings is 1. The molecule has 1 N–H and O–H groups in total. The number of ketones is 2. The lowest BCUT2D eigenvalue weighted by Crippen LogP contribution is -2.26. The number of aromatic amines is 1. The highest BCUT2D eigenvalue weighted by molar-refractivity contribution is 6.11. The van der Waals surface area contributed by atoms with E-state index in [1.54, 1.807) is 0 Å². The van der Waals surface area contributed by atoms with Gasteiger partial charge in [0.15, 0.2) is 11.6 Å². The summed E-state index contributed by atoms with van der Waals surface area (Å²) in [6, 6.07) is 7.83. The molecule has 0 fully saturated rings. The van der Waals surface area contributed by atoms with Crippen molar-refractivity contribution in [3.8, 4) is 0 Å². The van der Waals surface area contributed by atoms with Crippen LogP contribution in [0.1, 0.15) is 33.0 Å². The lowest BCUT2D eigenvalue weighted by atomic mass is 9.83. The van der Waals surface area contributed by atoms with Gasteiger partial charge in [0.25, 0.3) is 0 Å². The molecule has 2 heterocycles. The highest BCUT2D eigenvalue weighted by Crippen LogP contribution is 2.29. The van der Waals surface area contributed by atoms with E-state index in [4.69, 9.17) is 0 Å². The number of hydrogen-bond donors (Lipinski definition) is 1. The first-order chi connectivity index (χ1) is 10.6. The SMILES string of the molecule is Cn1cc(C(=O)[C@@H]2CC(=O)c3nc[nH]c3C2)c2ccccc21. The molecule has 22 heavy (non-hydrogen) atoms. The summed E-state index contributed by atoms with van der Waals surface area (Å²) >= 11 is 0. The van der Waals surface area contributed by atoms with Gasteiger partial charge >= 0.3 is 0 Å². The Kier molecular flexibility index (Phi) is 2.76. The van der Waals surface area contributed by atoms with Gasteiger partial charge in [-0.25, -0.2) is 4.98 Å². The first-order valence-electron chi connectivity index (χ1n) is 7.29. The third-order valence-corrected chi connectivity index (χ3v) is 4.40. The van der Waals surface area contributed by atoms with Gasteiger partial charge in [-0.05, 0) is 6.07 Å². The second-order valence-electron chi connectivity index (χ2n) is 5.79. The van der Waals surface area contributed by atoms with Gasteiger partial charge < -0.3 is 9.55 Å². The number of benzene rings is 1. The summed E-state index contributed by atoms with van der Waals surface area (Å²) in [6.07, 6.45) is 4.16. The summed E-state index contributed by atoms with van der Waals surface area (Å²) in [6.45, 7) is 0. The van der Waals surface area contributed by atoms with E-state index in [1.165, 1.54) is 6.33 Å². The van der Waals surface area contributed by atoms with E-state index in [9.17, 15) is 9.59 Å². The van der Waals surface area contributed by atoms with Crippen molar-refractivity contribution in [2.75, 3.05) is 0 Å². The fourth-order valence-corrected chi connectivity index (χ4v) is 3.30. The minimum absolute atomic E-state index is 0.0328. The molecule has 0 unspecified atom stereocenters. The van der Waals surface area contributed by atoms with Gasteiger partial charge in [0.1, 0.15) is 5.69 Å². The minimum Gasteiger partial charge on any atom is -0.350 e. The van der Waals surface area contributed by atoms with Crippen LogP contribution in [0.2, 0.25) is 0 Å². The lowest BCUT2D eigenvalue weighted by molar-refractivity contribution is 0.0836. The maximum absolute atomic E-state index is 12.9. The normalized spacial score (nSPS) is 17.7. The van der Waals surface area contributed by atoms with Crippen LogP contribution in [0.4, 0.5) is 0 Å². The van der Waals surface area contributed by atoms with Crippen LogP contribution in [-0.4, -0.2) is 26.1 Å². The van der Waals surface area contributed by atoms with Crippen molar-refractivity contribution in [1.29, 1.82) is 0 Å². The molecule has 110 valence electrons. The van der Waals surface area contributed by atoms with Gasteiger partial charge in [-0.15, -0.1) is 0 Å². The van der Waals surface area contributed by atoms with Crippen molar-refractivity contribution in [2.45, 2.75) is 12.8 Å². The van der Waals surface area contributed by atoms with Gasteiger partial charge in [-0.3, -0.25) is 9.59 Å². The summed E-state index contributed by atoms with van der Waals surface area (Å²) in [5.74, 6) is -0.335. The molecular weight excluding hydrogens is 278 g/mol. The number of hydrogen-bond acceptors (Lipinski definition) is 3. The van der Waals surface area contributed by atoms with Crippen LogP contribution in [0.25, 0.3) is 10.9 Å². The highest BCUT2D eigenvalue weighted by atomic mass is 16.1. The van der Waals surface area contributed by atoms with Crippen LogP contribution < -0.4 is 0 Å². The smallest absolute Gasteiger partial charge is 0.183 e. The standard InChI is InChI=1S/C17H15N3O2/c1-20-8-12(11-4-2-3-5-14(11)20)17(22)10-6-13-16(15(21)7-10)19-9-18-13/h2-5,8-10H,6-7H2,1H3,(H,18,19)/t10-/m0/s1. The van der Waals surface area contributed by atoms with E-state index in [1.807, 2.05) is 42.1 Å². The topological polar surface area (TPSA) is 67.8 Å². The molecule has 0 radical (unpaired) electrons. The number of Topliss-reactive ketones (excluding diaryl/α,β-unsaturated/α-hetero) is 2. The number of para-hydroxylation sites is 1. The van der Waals surface area contributed by atoms with Crippen LogP contribution in [0, 0.1) is 5.92 Å². The number of aromatic nitrogens is 3. The average molecular weight is 293 g/mol. The molecule has 0 aliphatic heterocycles. The third-order valence-electron chi connectivity index (χ3n) is 4.40. The first-order valence-corrected chi connectivity index (χ1v) is 7.29. The number of H-pyrrole nitrogens is 1. The molecule has 0 amide bonds. The van der Waals surface area contributed by atoms with E-state index in [0.717, 1.165) is 16.6 Å². The second kappa shape index (κ2) is 4.66. The Labute approximate surface area is 127 Å². The maximum atomic E-state index is 12.9. The van der Waals surface area contributed by atoms with Gasteiger partial charge in [0.05, 0.1) is 6.33 Å². The van der Waals surface area contributed by atoms with Gasteiger partial charge in [0.2, 0.25) is 0 Å². The Balaban J connectivity index is 1.74. The number of aryl methyl sites for hydroxylation is 1. The monoisotopic (exact) mass is 293 g/mol. The molecule has 0 saturated heterocycles. The molecule has 5 nitrogen and oxygen atoms in total. The number of carbonyl (C=O) groups is 2. The predicted molar refractivity (Wildman–Crippen MR) is 82.0 cm³/mol. The Morgan fingerprint density at radius 2 is 2.14 bits per heavy atom. The molecule has 4 rings (SSSR count). The average Bonchev–Trinajstić information content (AvgIpc) is 3.12. The fraction of sp³-hybridized carbons (Fsp3) is 0.235. The molecule has 0 spiro atoms. The van der Waals surface area contributed by atoms with Crippen molar-refractivity contribution in [1.82, 2.24) is 14.5 Å². The number of carbonyl (C=O) groups excluding carboxylic acids is 2. The van der Waals surface area contributed by atoms with Gasteiger partial charge in [-0.2, -0.15) is 0 Å². The van der Waals surface area contributed by atoms with E-state index < -0.39 is 0 Å². The summed E-state index contributed by atoms with van der Waals surface area (Å²) < 4.78 is 1.95. The zero-order valence-corrected chi connectivity index (χ0v) is 12.2. The molecular formula is C17H15N3O2. The van der Waals surface area contributed by atoms with E-state index in [2.05, 4.69) is 9.97 Å². The van der Waals surface area contributed by atoms with Gasteiger partial charge in [0, 0.05) is 54.2 Å². The van der Waals surface area contributed by atoms with Crippen molar-refractivity contribution in [3.05, 3.63) is 53.7 Å². The quantitative estimate of drug-likeness (QED) is 0.738. The molecule has 0 bridgehead atoms. The van der Waals surface area contributed by atoms with Crippen LogP contribution in [-0.2, 0) is 13.5 Å². The van der Waals surface area contributed by atoms with E-state index in [-0.39, 0.29) is 23.9 Å². The molecule has 2 aromatic heterocycles. The molecule has 1 aromatic carbocycles. The lowest BCUT2D eigenvalue weighted by Gasteiger charge is -2.18. The van der Waals surface area contributed by atoms with E-state index >= 15 is 0 Å². The van der Waals surface area contributed by atoms with Crippen LogP contribution in [0.15, 0.2) is 36.8 Å². The summed E-state index contributed by atoms with van der Waals surface area (Å²) in [7, 11) is 1.93. The Morgan fingerprint density at radius 1 is 1.32 bits per heavy atom. The van der Waals surface area contributed by atoms with Crippen molar-refractivity contribution < 1.29 is 9.59 Å². The minimum atomic E-state index is -0.314. The molecule has 1 atom stereocenters. The Hall–Kier alpha value is -2.69. The number of nitrogens with zero attached hydrogens (tertiary/aromatic N) is 2. The molecule has 1 aliphatic rings. The van der Waals surface area contributed by atoms with Crippen LogP contribution >= 0.6 is 0 Å². The number of rotatable bonds is 2.